The lowest BCUT2D eigenvalue weighted by Gasteiger charge is -2.10. The van der Waals surface area contributed by atoms with Crippen molar-refractivity contribution in [1.29, 1.82) is 0 Å². The van der Waals surface area contributed by atoms with Crippen LogP contribution < -0.4 is 4.74 Å². The summed E-state index contributed by atoms with van der Waals surface area (Å²) in [6, 6.07) is 10.6. The lowest BCUT2D eigenvalue weighted by Crippen LogP contribution is -2.21. The van der Waals surface area contributed by atoms with Gasteiger partial charge in [-0.05, 0) is 35.9 Å². The van der Waals surface area contributed by atoms with Crippen molar-refractivity contribution in [2.75, 3.05) is 0 Å². The number of carboxylic acids is 1. The molecule has 0 radical (unpaired) electrons. The average molecular weight is 441 g/mol. The molecule has 0 amide bonds. The molecule has 0 aliphatic carbocycles. The van der Waals surface area contributed by atoms with Gasteiger partial charge in [-0.15, -0.1) is 0 Å². The number of ether oxygens (including phenoxy) is 1. The molecule has 3 N–H and O–H groups in total. The molecule has 0 bridgehead atoms. The monoisotopic (exact) mass is 440 g/mol. The molecule has 0 spiro atoms. The van der Waals surface area contributed by atoms with E-state index >= 15 is 0 Å². The lowest BCUT2D eigenvalue weighted by molar-refractivity contribution is -0.138. The van der Waals surface area contributed by atoms with Gasteiger partial charge in [0.05, 0.1) is 5.56 Å². The van der Waals surface area contributed by atoms with Crippen molar-refractivity contribution >= 4 is 29.8 Å². The standard InChI is InChI=1S/C22H17ClN2O6/c23-16-9-15(12-25-18(21(28)29)8-13-3-5-17(26)6-4-13)20(27)19(10-16)31-22(30)14-2-1-7-24-11-14/h1-7,9-12,18,26-27H,8H2,(H,28,29). The number of aliphatic carboxylic acids is 1. The van der Waals surface area contributed by atoms with E-state index in [0.29, 0.717) is 5.56 Å². The summed E-state index contributed by atoms with van der Waals surface area (Å²) < 4.78 is 5.20. The van der Waals surface area contributed by atoms with Crippen molar-refractivity contribution < 1.29 is 29.6 Å². The van der Waals surface area contributed by atoms with Crippen LogP contribution in [0.1, 0.15) is 21.5 Å². The average Bonchev–Trinajstić information content (AvgIpc) is 2.75. The minimum atomic E-state index is -1.17. The Hall–Kier alpha value is -3.91. The number of benzene rings is 2. The van der Waals surface area contributed by atoms with Crippen LogP contribution in [0.3, 0.4) is 0 Å². The third-order valence-corrected chi connectivity index (χ3v) is 4.43. The molecule has 0 fully saturated rings. The molecule has 1 aromatic heterocycles. The van der Waals surface area contributed by atoms with Gasteiger partial charge in [0, 0.05) is 41.7 Å². The van der Waals surface area contributed by atoms with Crippen LogP contribution in [0.4, 0.5) is 0 Å². The number of rotatable bonds is 7. The highest BCUT2D eigenvalue weighted by Gasteiger charge is 2.18. The minimum Gasteiger partial charge on any atom is -0.508 e. The first-order valence-corrected chi connectivity index (χ1v) is 9.40. The van der Waals surface area contributed by atoms with Crippen LogP contribution in [0, 0.1) is 0 Å². The number of carbonyl (C=O) groups is 2. The predicted molar refractivity (Wildman–Crippen MR) is 113 cm³/mol. The number of aromatic nitrogens is 1. The molecule has 0 saturated carbocycles. The highest BCUT2D eigenvalue weighted by molar-refractivity contribution is 6.31. The maximum absolute atomic E-state index is 12.2. The Morgan fingerprint density at radius 3 is 2.55 bits per heavy atom. The van der Waals surface area contributed by atoms with Gasteiger partial charge < -0.3 is 20.1 Å². The molecule has 2 aromatic carbocycles. The number of pyridine rings is 1. The Balaban J connectivity index is 1.82. The fraction of sp³-hybridized carbons (Fsp3) is 0.0909. The Labute approximate surface area is 182 Å². The normalized spacial score (nSPS) is 11.9. The Bertz CT molecular complexity index is 1120. The number of phenolic OH excluding ortho intramolecular Hbond substituents is 2. The van der Waals surface area contributed by atoms with Crippen molar-refractivity contribution in [3.8, 4) is 17.2 Å². The van der Waals surface area contributed by atoms with Gasteiger partial charge in [-0.3, -0.25) is 9.98 Å². The zero-order valence-electron chi connectivity index (χ0n) is 16.0. The second-order valence-electron chi connectivity index (χ2n) is 6.48. The van der Waals surface area contributed by atoms with Crippen molar-refractivity contribution in [3.63, 3.8) is 0 Å². The number of aliphatic imine (C=N–C) groups is 1. The van der Waals surface area contributed by atoms with Crippen LogP contribution in [0.15, 0.2) is 65.9 Å². The van der Waals surface area contributed by atoms with Gasteiger partial charge >= 0.3 is 11.9 Å². The van der Waals surface area contributed by atoms with Crippen molar-refractivity contribution in [2.45, 2.75) is 12.5 Å². The number of hydrogen-bond donors (Lipinski definition) is 3. The van der Waals surface area contributed by atoms with E-state index in [1.807, 2.05) is 0 Å². The predicted octanol–water partition coefficient (Wildman–Crippen LogP) is 3.48. The molecule has 9 heteroatoms. The maximum atomic E-state index is 12.2. The number of hydrogen-bond acceptors (Lipinski definition) is 7. The second kappa shape index (κ2) is 9.73. The molecule has 0 aliphatic rings. The van der Waals surface area contributed by atoms with Gasteiger partial charge in [0.2, 0.25) is 0 Å². The number of nitrogens with zero attached hydrogens (tertiary/aromatic N) is 2. The van der Waals surface area contributed by atoms with E-state index in [-0.39, 0.29) is 34.1 Å². The first-order chi connectivity index (χ1) is 14.8. The highest BCUT2D eigenvalue weighted by Crippen LogP contribution is 2.33. The fourth-order valence-corrected chi connectivity index (χ4v) is 2.86. The molecule has 1 heterocycles. The molecular weight excluding hydrogens is 424 g/mol. The van der Waals surface area contributed by atoms with Crippen molar-refractivity contribution in [2.24, 2.45) is 4.99 Å². The van der Waals surface area contributed by atoms with Gasteiger partial charge in [0.15, 0.2) is 17.5 Å². The molecule has 1 atom stereocenters. The number of esters is 1. The van der Waals surface area contributed by atoms with Crippen LogP contribution in [0.25, 0.3) is 0 Å². The molecule has 3 rings (SSSR count). The molecular formula is C22H17ClN2O6. The lowest BCUT2D eigenvalue weighted by atomic mass is 10.1. The molecule has 8 nitrogen and oxygen atoms in total. The molecule has 158 valence electrons. The van der Waals surface area contributed by atoms with Gasteiger partial charge in [-0.2, -0.15) is 0 Å². The molecule has 0 aliphatic heterocycles. The summed E-state index contributed by atoms with van der Waals surface area (Å²) in [4.78, 5) is 31.7. The van der Waals surface area contributed by atoms with Crippen molar-refractivity contribution in [1.82, 2.24) is 4.98 Å². The third kappa shape index (κ3) is 5.80. The molecule has 31 heavy (non-hydrogen) atoms. The van der Waals surface area contributed by atoms with E-state index in [1.54, 1.807) is 18.2 Å². The molecule has 0 saturated heterocycles. The smallest absolute Gasteiger partial charge is 0.345 e. The molecule has 3 aromatic rings. The van der Waals surface area contributed by atoms with Crippen LogP contribution >= 0.6 is 11.6 Å². The number of carboxylic acid groups (broad SMARTS) is 1. The quantitative estimate of drug-likeness (QED) is 0.291. The van der Waals surface area contributed by atoms with Gasteiger partial charge in [0.1, 0.15) is 5.75 Å². The summed E-state index contributed by atoms with van der Waals surface area (Å²) >= 11 is 6.06. The summed E-state index contributed by atoms with van der Waals surface area (Å²) in [7, 11) is 0. The zero-order valence-corrected chi connectivity index (χ0v) is 16.7. The molecule has 1 unspecified atom stereocenters. The minimum absolute atomic E-state index is 0.0658. The SMILES string of the molecule is O=C(Oc1cc(Cl)cc(C=NC(Cc2ccc(O)cc2)C(=O)O)c1O)c1cccnc1. The Kier molecular flexibility index (Phi) is 6.84. The van der Waals surface area contributed by atoms with Gasteiger partial charge in [0.25, 0.3) is 0 Å². The maximum Gasteiger partial charge on any atom is 0.345 e. The largest absolute Gasteiger partial charge is 0.508 e. The summed E-state index contributed by atoms with van der Waals surface area (Å²) in [5, 5.41) is 29.4. The number of carbonyl (C=O) groups excluding carboxylic acids is 1. The summed E-state index contributed by atoms with van der Waals surface area (Å²) in [6.45, 7) is 0. The van der Waals surface area contributed by atoms with E-state index in [0.717, 1.165) is 6.21 Å². The number of phenols is 2. The Morgan fingerprint density at radius 2 is 1.90 bits per heavy atom. The summed E-state index contributed by atoms with van der Waals surface area (Å²) in [5.74, 6) is -2.47. The Morgan fingerprint density at radius 1 is 1.16 bits per heavy atom. The van der Waals surface area contributed by atoms with Gasteiger partial charge in [-0.1, -0.05) is 23.7 Å². The number of halogens is 1. The van der Waals surface area contributed by atoms with E-state index in [4.69, 9.17) is 16.3 Å². The zero-order chi connectivity index (χ0) is 22.4. The van der Waals surface area contributed by atoms with Gasteiger partial charge in [-0.25, -0.2) is 9.59 Å². The fourth-order valence-electron chi connectivity index (χ4n) is 2.64. The van der Waals surface area contributed by atoms with Crippen molar-refractivity contribution in [3.05, 3.63) is 82.6 Å². The van der Waals surface area contributed by atoms with E-state index in [9.17, 15) is 24.9 Å². The highest BCUT2D eigenvalue weighted by atomic mass is 35.5. The second-order valence-corrected chi connectivity index (χ2v) is 6.91. The summed E-state index contributed by atoms with van der Waals surface area (Å²) in [6.07, 6.45) is 4.03. The van der Waals surface area contributed by atoms with Crippen LogP contribution in [0.5, 0.6) is 17.2 Å². The topological polar surface area (TPSA) is 129 Å². The first-order valence-electron chi connectivity index (χ1n) is 9.02. The third-order valence-electron chi connectivity index (χ3n) is 4.21. The van der Waals surface area contributed by atoms with E-state index in [2.05, 4.69) is 9.98 Å². The van der Waals surface area contributed by atoms with E-state index in [1.165, 1.54) is 42.7 Å². The first kappa shape index (κ1) is 21.8. The van der Waals surface area contributed by atoms with E-state index < -0.39 is 23.7 Å². The van der Waals surface area contributed by atoms with Crippen LogP contribution in [0.2, 0.25) is 5.02 Å². The summed E-state index contributed by atoms with van der Waals surface area (Å²) in [5.41, 5.74) is 0.916. The van der Waals surface area contributed by atoms with Crippen LogP contribution in [-0.2, 0) is 11.2 Å². The van der Waals surface area contributed by atoms with Crippen LogP contribution in [-0.4, -0.2) is 44.5 Å². The number of aromatic hydroxyl groups is 2.